The van der Waals surface area contributed by atoms with Crippen molar-refractivity contribution < 1.29 is 28.7 Å². The minimum absolute atomic E-state index is 0.0924. The number of halogens is 1. The third kappa shape index (κ3) is 3.58. The number of amides is 1. The smallest absolute Gasteiger partial charge is 0.301 e. The standard InChI is InChI=1S/C23H19ClN2O6/c1-12-10-18(25-32-12)26-20(13-4-7-15(24)8-5-13)19(22(28)23(26)29)21(27)14-6-9-16(30-2)17(11-14)31-3/h4-11,20,27H,1-3H3/b21-19+/t20-/m1/s1. The van der Waals surface area contributed by atoms with E-state index in [4.69, 9.17) is 25.6 Å². The maximum absolute atomic E-state index is 13.1. The molecule has 1 aromatic heterocycles. The lowest BCUT2D eigenvalue weighted by molar-refractivity contribution is -0.132. The number of Topliss-reactive ketones (excluding diaryl/α,β-unsaturated/α-hetero) is 1. The Morgan fingerprint density at radius 2 is 1.75 bits per heavy atom. The van der Waals surface area contributed by atoms with Crippen molar-refractivity contribution in [1.82, 2.24) is 5.16 Å². The Bertz CT molecular complexity index is 1230. The molecule has 0 spiro atoms. The van der Waals surface area contributed by atoms with E-state index in [-0.39, 0.29) is 22.7 Å². The van der Waals surface area contributed by atoms with E-state index >= 15 is 0 Å². The van der Waals surface area contributed by atoms with Gasteiger partial charge in [-0.2, -0.15) is 0 Å². The van der Waals surface area contributed by atoms with Crippen LogP contribution in [-0.4, -0.2) is 36.2 Å². The maximum Gasteiger partial charge on any atom is 0.301 e. The molecule has 0 bridgehead atoms. The molecule has 3 aromatic rings. The fourth-order valence-corrected chi connectivity index (χ4v) is 3.76. The zero-order valence-corrected chi connectivity index (χ0v) is 18.2. The summed E-state index contributed by atoms with van der Waals surface area (Å²) in [5.41, 5.74) is 0.762. The molecule has 0 aliphatic carbocycles. The van der Waals surface area contributed by atoms with Crippen LogP contribution in [0, 0.1) is 6.92 Å². The molecular weight excluding hydrogens is 436 g/mol. The number of hydrogen-bond acceptors (Lipinski definition) is 7. The minimum atomic E-state index is -0.940. The number of aryl methyl sites for hydroxylation is 1. The number of ketones is 1. The number of carbonyl (C=O) groups is 2. The molecule has 4 rings (SSSR count). The van der Waals surface area contributed by atoms with Crippen molar-refractivity contribution in [3.05, 3.63) is 76.0 Å². The van der Waals surface area contributed by atoms with Crippen molar-refractivity contribution >= 4 is 34.9 Å². The summed E-state index contributed by atoms with van der Waals surface area (Å²) in [7, 11) is 2.95. The number of aliphatic hydroxyl groups excluding tert-OH is 1. The molecule has 1 fully saturated rings. The van der Waals surface area contributed by atoms with Crippen LogP contribution in [0.3, 0.4) is 0 Å². The topological polar surface area (TPSA) is 102 Å². The van der Waals surface area contributed by atoms with E-state index in [0.29, 0.717) is 27.8 Å². The number of nitrogens with zero attached hydrogens (tertiary/aromatic N) is 2. The molecule has 0 saturated carbocycles. The van der Waals surface area contributed by atoms with Crippen LogP contribution in [0.5, 0.6) is 11.5 Å². The van der Waals surface area contributed by atoms with Crippen LogP contribution >= 0.6 is 11.6 Å². The van der Waals surface area contributed by atoms with Crippen LogP contribution < -0.4 is 14.4 Å². The first-order chi connectivity index (χ1) is 15.3. The van der Waals surface area contributed by atoms with E-state index in [1.807, 2.05) is 0 Å². The number of aliphatic hydroxyl groups is 1. The van der Waals surface area contributed by atoms with E-state index in [2.05, 4.69) is 5.16 Å². The molecule has 0 radical (unpaired) electrons. The monoisotopic (exact) mass is 454 g/mol. The summed E-state index contributed by atoms with van der Waals surface area (Å²) in [5, 5.41) is 15.6. The van der Waals surface area contributed by atoms with Crippen LogP contribution in [0.4, 0.5) is 5.82 Å². The number of anilines is 1. The quantitative estimate of drug-likeness (QED) is 0.348. The van der Waals surface area contributed by atoms with Gasteiger partial charge in [-0.1, -0.05) is 28.9 Å². The highest BCUT2D eigenvalue weighted by Crippen LogP contribution is 2.42. The van der Waals surface area contributed by atoms with Gasteiger partial charge in [-0.25, -0.2) is 0 Å². The zero-order chi connectivity index (χ0) is 23.0. The predicted molar refractivity (Wildman–Crippen MR) is 117 cm³/mol. The van der Waals surface area contributed by atoms with E-state index in [9.17, 15) is 14.7 Å². The van der Waals surface area contributed by atoms with Gasteiger partial charge in [-0.3, -0.25) is 14.5 Å². The fourth-order valence-electron chi connectivity index (χ4n) is 3.64. The summed E-state index contributed by atoms with van der Waals surface area (Å²) in [6.45, 7) is 1.67. The van der Waals surface area contributed by atoms with Crippen molar-refractivity contribution in [2.45, 2.75) is 13.0 Å². The van der Waals surface area contributed by atoms with Gasteiger partial charge in [-0.15, -0.1) is 0 Å². The average molecular weight is 455 g/mol. The molecule has 1 amide bonds. The van der Waals surface area contributed by atoms with Crippen molar-refractivity contribution in [1.29, 1.82) is 0 Å². The van der Waals surface area contributed by atoms with Gasteiger partial charge in [0, 0.05) is 16.7 Å². The Labute approximate surface area is 188 Å². The lowest BCUT2D eigenvalue weighted by Crippen LogP contribution is -2.29. The minimum Gasteiger partial charge on any atom is -0.507 e. The molecule has 1 saturated heterocycles. The Hall–Kier alpha value is -3.78. The molecule has 1 N–H and O–H groups in total. The summed E-state index contributed by atoms with van der Waals surface area (Å²) in [6.07, 6.45) is 0. The first-order valence-corrected chi connectivity index (χ1v) is 9.95. The van der Waals surface area contributed by atoms with Crippen molar-refractivity contribution in [3.63, 3.8) is 0 Å². The third-order valence-electron chi connectivity index (χ3n) is 5.15. The number of carbonyl (C=O) groups excluding carboxylic acids is 2. The van der Waals surface area contributed by atoms with Crippen LogP contribution in [0.15, 0.2) is 58.6 Å². The van der Waals surface area contributed by atoms with Gasteiger partial charge in [0.25, 0.3) is 5.78 Å². The maximum atomic E-state index is 13.1. The molecular formula is C23H19ClN2O6. The molecule has 1 aliphatic rings. The number of methoxy groups -OCH3 is 2. The largest absolute Gasteiger partial charge is 0.507 e. The van der Waals surface area contributed by atoms with E-state index in [1.165, 1.54) is 25.2 Å². The van der Waals surface area contributed by atoms with Crippen molar-refractivity contribution in [2.75, 3.05) is 19.1 Å². The summed E-state index contributed by atoms with van der Waals surface area (Å²) in [5.74, 6) is -0.588. The molecule has 164 valence electrons. The number of aromatic nitrogens is 1. The summed E-state index contributed by atoms with van der Waals surface area (Å²) in [6, 6.07) is 12.0. The average Bonchev–Trinajstić information content (AvgIpc) is 3.34. The zero-order valence-electron chi connectivity index (χ0n) is 17.5. The summed E-state index contributed by atoms with van der Waals surface area (Å²) in [4.78, 5) is 27.3. The molecule has 2 aromatic carbocycles. The summed E-state index contributed by atoms with van der Waals surface area (Å²) >= 11 is 6.03. The SMILES string of the molecule is COc1ccc(/C(O)=C2\C(=O)C(=O)N(c3cc(C)on3)[C@@H]2c2ccc(Cl)cc2)cc1OC. The van der Waals surface area contributed by atoms with Crippen LogP contribution in [0.2, 0.25) is 5.02 Å². The molecule has 2 heterocycles. The highest BCUT2D eigenvalue weighted by atomic mass is 35.5. The molecule has 32 heavy (non-hydrogen) atoms. The Balaban J connectivity index is 1.93. The third-order valence-corrected chi connectivity index (χ3v) is 5.40. The molecule has 1 aliphatic heterocycles. The van der Waals surface area contributed by atoms with E-state index in [0.717, 1.165) is 0 Å². The lowest BCUT2D eigenvalue weighted by atomic mass is 9.95. The van der Waals surface area contributed by atoms with Gasteiger partial charge in [0.1, 0.15) is 11.5 Å². The predicted octanol–water partition coefficient (Wildman–Crippen LogP) is 4.28. The van der Waals surface area contributed by atoms with Gasteiger partial charge in [-0.05, 0) is 42.8 Å². The van der Waals surface area contributed by atoms with Gasteiger partial charge < -0.3 is 19.1 Å². The van der Waals surface area contributed by atoms with E-state index < -0.39 is 17.7 Å². The second kappa shape index (κ2) is 8.39. The Morgan fingerprint density at radius 3 is 2.34 bits per heavy atom. The van der Waals surface area contributed by atoms with Gasteiger partial charge >= 0.3 is 5.91 Å². The van der Waals surface area contributed by atoms with Gasteiger partial charge in [0.05, 0.1) is 25.8 Å². The second-order valence-corrected chi connectivity index (χ2v) is 7.52. The highest BCUT2D eigenvalue weighted by Gasteiger charge is 2.48. The van der Waals surface area contributed by atoms with Gasteiger partial charge in [0.15, 0.2) is 17.3 Å². The number of rotatable bonds is 5. The highest BCUT2D eigenvalue weighted by molar-refractivity contribution is 6.51. The van der Waals surface area contributed by atoms with E-state index in [1.54, 1.807) is 49.4 Å². The fraction of sp³-hybridized carbons (Fsp3) is 0.174. The van der Waals surface area contributed by atoms with Crippen molar-refractivity contribution in [3.8, 4) is 11.5 Å². The lowest BCUT2D eigenvalue weighted by Gasteiger charge is -2.23. The summed E-state index contributed by atoms with van der Waals surface area (Å²) < 4.78 is 15.6. The molecule has 1 atom stereocenters. The normalized spacial score (nSPS) is 17.6. The second-order valence-electron chi connectivity index (χ2n) is 7.09. The molecule has 0 unspecified atom stereocenters. The van der Waals surface area contributed by atoms with Crippen LogP contribution in [0.1, 0.15) is 22.9 Å². The van der Waals surface area contributed by atoms with Crippen molar-refractivity contribution in [2.24, 2.45) is 0 Å². The Morgan fingerprint density at radius 1 is 1.06 bits per heavy atom. The molecule has 9 heteroatoms. The van der Waals surface area contributed by atoms with Crippen LogP contribution in [0.25, 0.3) is 5.76 Å². The number of hydrogen-bond donors (Lipinski definition) is 1. The number of benzene rings is 2. The Kier molecular flexibility index (Phi) is 5.63. The number of ether oxygens (including phenoxy) is 2. The van der Waals surface area contributed by atoms with Crippen LogP contribution in [-0.2, 0) is 9.59 Å². The molecule has 8 nitrogen and oxygen atoms in total. The van der Waals surface area contributed by atoms with Gasteiger partial charge in [0.2, 0.25) is 0 Å². The first kappa shape index (κ1) is 21.5. The first-order valence-electron chi connectivity index (χ1n) is 9.58.